The van der Waals surface area contributed by atoms with Crippen LogP contribution in [0.1, 0.15) is 53.7 Å². The highest BCUT2D eigenvalue weighted by Crippen LogP contribution is 2.42. The van der Waals surface area contributed by atoms with E-state index in [0.29, 0.717) is 29.2 Å². The first-order valence-corrected chi connectivity index (χ1v) is 14.0. The van der Waals surface area contributed by atoms with Gasteiger partial charge in [-0.25, -0.2) is 0 Å². The van der Waals surface area contributed by atoms with Crippen LogP contribution in [0.5, 0.6) is 17.2 Å². The summed E-state index contributed by atoms with van der Waals surface area (Å²) in [5, 5.41) is 14.4. The molecule has 0 radical (unpaired) electrons. The number of fused-ring (bicyclic) bond motifs is 4. The van der Waals surface area contributed by atoms with Gasteiger partial charge in [0.25, 0.3) is 5.91 Å². The van der Waals surface area contributed by atoms with Crippen molar-refractivity contribution in [1.29, 1.82) is 0 Å². The summed E-state index contributed by atoms with van der Waals surface area (Å²) in [4.78, 5) is 17.1. The van der Waals surface area contributed by atoms with E-state index in [1.165, 1.54) is 0 Å². The number of aromatic nitrogens is 1. The maximum absolute atomic E-state index is 13.8. The van der Waals surface area contributed by atoms with E-state index in [1.54, 1.807) is 14.2 Å². The molecule has 7 nitrogen and oxygen atoms in total. The fourth-order valence-corrected chi connectivity index (χ4v) is 5.67. The smallest absolute Gasteiger partial charge is 0.255 e. The summed E-state index contributed by atoms with van der Waals surface area (Å²) in [5.41, 5.74) is 6.83. The fraction of sp³-hybridized carbons (Fsp3) is 0.364. The molecule has 2 atom stereocenters. The van der Waals surface area contributed by atoms with Crippen molar-refractivity contribution >= 4 is 16.8 Å². The zero-order chi connectivity index (χ0) is 28.2. The summed E-state index contributed by atoms with van der Waals surface area (Å²) in [7, 11) is 3.26. The van der Waals surface area contributed by atoms with E-state index in [-0.39, 0.29) is 18.6 Å². The predicted octanol–water partition coefficient (Wildman–Crippen LogP) is 5.85. The summed E-state index contributed by atoms with van der Waals surface area (Å²) in [5.74, 6) is 1.65. The van der Waals surface area contributed by atoms with Gasteiger partial charge in [0, 0.05) is 17.1 Å². The van der Waals surface area contributed by atoms with Gasteiger partial charge in [-0.3, -0.25) is 4.79 Å². The summed E-state index contributed by atoms with van der Waals surface area (Å²) < 4.78 is 17.5. The average Bonchev–Trinajstić information content (AvgIpc) is 3.38. The SMILES string of the molecule is CCCC(C)Oc1cc2c(cc1C(=O)N[C@@H](CO)Cc1c[nH]c3ccccc13)-c1cc(OC)c(OC)cc1CC2. The molecule has 0 spiro atoms. The Hall–Kier alpha value is -3.97. The van der Waals surface area contributed by atoms with E-state index in [9.17, 15) is 9.90 Å². The Morgan fingerprint density at radius 1 is 1.00 bits per heavy atom. The molecule has 0 saturated carbocycles. The number of benzene rings is 3. The fourth-order valence-electron chi connectivity index (χ4n) is 5.67. The van der Waals surface area contributed by atoms with Gasteiger partial charge < -0.3 is 29.6 Å². The molecule has 5 rings (SSSR count). The minimum absolute atomic E-state index is 0.0327. The van der Waals surface area contributed by atoms with E-state index in [4.69, 9.17) is 14.2 Å². The van der Waals surface area contributed by atoms with Gasteiger partial charge >= 0.3 is 0 Å². The van der Waals surface area contributed by atoms with Crippen LogP contribution in [0.2, 0.25) is 0 Å². The number of aromatic amines is 1. The van der Waals surface area contributed by atoms with Crippen LogP contribution >= 0.6 is 0 Å². The van der Waals surface area contributed by atoms with E-state index in [1.807, 2.05) is 61.7 Å². The van der Waals surface area contributed by atoms with Crippen molar-refractivity contribution in [2.45, 2.75) is 58.1 Å². The lowest BCUT2D eigenvalue weighted by atomic mass is 9.84. The molecule has 0 bridgehead atoms. The average molecular weight is 543 g/mol. The molecule has 1 amide bonds. The van der Waals surface area contributed by atoms with Crippen LogP contribution in [-0.4, -0.2) is 49.0 Å². The lowest BCUT2D eigenvalue weighted by Gasteiger charge is -2.25. The summed E-state index contributed by atoms with van der Waals surface area (Å²) in [6, 6.07) is 15.5. The third kappa shape index (κ3) is 5.52. The minimum Gasteiger partial charge on any atom is -0.493 e. The third-order valence-corrected chi connectivity index (χ3v) is 7.73. The molecular formula is C33H38N2O5. The van der Waals surface area contributed by atoms with Gasteiger partial charge in [-0.1, -0.05) is 31.5 Å². The highest BCUT2D eigenvalue weighted by Gasteiger charge is 2.26. The number of carbonyl (C=O) groups excluding carboxylic acids is 1. The molecule has 1 aliphatic rings. The number of methoxy groups -OCH3 is 2. The molecule has 0 aliphatic heterocycles. The number of H-pyrrole nitrogens is 1. The Labute approximate surface area is 235 Å². The molecule has 7 heteroatoms. The van der Waals surface area contributed by atoms with Gasteiger partial charge in [0.15, 0.2) is 11.5 Å². The van der Waals surface area contributed by atoms with Crippen LogP contribution in [0, 0.1) is 0 Å². The first-order chi connectivity index (χ1) is 19.4. The first-order valence-electron chi connectivity index (χ1n) is 14.0. The van der Waals surface area contributed by atoms with Crippen LogP contribution in [0.4, 0.5) is 0 Å². The van der Waals surface area contributed by atoms with Crippen molar-refractivity contribution in [1.82, 2.24) is 10.3 Å². The minimum atomic E-state index is -0.458. The van der Waals surface area contributed by atoms with Gasteiger partial charge in [0.2, 0.25) is 0 Å². The van der Waals surface area contributed by atoms with Crippen molar-refractivity contribution in [2.24, 2.45) is 0 Å². The molecule has 4 aromatic rings. The molecule has 40 heavy (non-hydrogen) atoms. The number of hydrogen-bond donors (Lipinski definition) is 3. The topological polar surface area (TPSA) is 92.8 Å². The maximum atomic E-state index is 13.8. The van der Waals surface area contributed by atoms with Gasteiger partial charge in [-0.05, 0) is 90.8 Å². The van der Waals surface area contributed by atoms with Crippen molar-refractivity contribution in [3.8, 4) is 28.4 Å². The van der Waals surface area contributed by atoms with Crippen LogP contribution in [0.3, 0.4) is 0 Å². The zero-order valence-electron chi connectivity index (χ0n) is 23.7. The van der Waals surface area contributed by atoms with Crippen LogP contribution in [-0.2, 0) is 19.3 Å². The molecule has 0 fully saturated rings. The maximum Gasteiger partial charge on any atom is 0.255 e. The largest absolute Gasteiger partial charge is 0.493 e. The molecule has 3 aromatic carbocycles. The molecule has 1 aliphatic carbocycles. The second-order valence-corrected chi connectivity index (χ2v) is 10.5. The number of aliphatic hydroxyl groups is 1. The number of para-hydroxylation sites is 1. The number of amides is 1. The van der Waals surface area contributed by atoms with Crippen molar-refractivity contribution in [2.75, 3.05) is 20.8 Å². The Morgan fingerprint density at radius 3 is 2.38 bits per heavy atom. The monoisotopic (exact) mass is 542 g/mol. The van der Waals surface area contributed by atoms with Gasteiger partial charge in [0.1, 0.15) is 5.75 Å². The second kappa shape index (κ2) is 12.0. The molecule has 0 saturated heterocycles. The Morgan fingerprint density at radius 2 is 1.68 bits per heavy atom. The number of carbonyl (C=O) groups is 1. The predicted molar refractivity (Wildman–Crippen MR) is 158 cm³/mol. The molecule has 3 N–H and O–H groups in total. The van der Waals surface area contributed by atoms with Crippen molar-refractivity contribution in [3.05, 3.63) is 77.0 Å². The number of ether oxygens (including phenoxy) is 3. The van der Waals surface area contributed by atoms with Crippen LogP contribution < -0.4 is 19.5 Å². The van der Waals surface area contributed by atoms with E-state index >= 15 is 0 Å². The number of hydrogen-bond acceptors (Lipinski definition) is 5. The highest BCUT2D eigenvalue weighted by molar-refractivity contribution is 5.99. The van der Waals surface area contributed by atoms with Crippen LogP contribution in [0.25, 0.3) is 22.0 Å². The Kier molecular flexibility index (Phi) is 8.31. The lowest BCUT2D eigenvalue weighted by molar-refractivity contribution is 0.0909. The molecule has 1 heterocycles. The summed E-state index contributed by atoms with van der Waals surface area (Å²) in [6.07, 6.45) is 5.97. The summed E-state index contributed by atoms with van der Waals surface area (Å²) >= 11 is 0. The standard InChI is InChI=1S/C33H38N2O5/c1-5-8-20(2)40-30-14-21-11-12-22-15-31(38-3)32(39-4)17-27(22)26(21)16-28(30)33(37)35-24(19-36)13-23-18-34-29-10-7-6-9-25(23)29/h6-7,9-10,14-18,20,24,34,36H,5,8,11-13,19H2,1-4H3,(H,35,37)/t20?,24-/m1/s1. The van der Waals surface area contributed by atoms with E-state index < -0.39 is 6.04 Å². The van der Waals surface area contributed by atoms with Crippen molar-refractivity contribution < 1.29 is 24.1 Å². The van der Waals surface area contributed by atoms with Crippen LogP contribution in [0.15, 0.2) is 54.7 Å². The second-order valence-electron chi connectivity index (χ2n) is 10.5. The third-order valence-electron chi connectivity index (χ3n) is 7.73. The normalized spacial score (nSPS) is 13.7. The van der Waals surface area contributed by atoms with Gasteiger partial charge in [0.05, 0.1) is 38.5 Å². The van der Waals surface area contributed by atoms with Gasteiger partial charge in [-0.15, -0.1) is 0 Å². The summed E-state index contributed by atoms with van der Waals surface area (Å²) in [6.45, 7) is 3.97. The number of nitrogens with one attached hydrogen (secondary N) is 2. The first kappa shape index (κ1) is 27.6. The quantitative estimate of drug-likeness (QED) is 0.221. The number of aryl methyl sites for hydroxylation is 2. The molecule has 1 unspecified atom stereocenters. The van der Waals surface area contributed by atoms with Gasteiger partial charge in [-0.2, -0.15) is 0 Å². The Balaban J connectivity index is 1.50. The highest BCUT2D eigenvalue weighted by atomic mass is 16.5. The number of aliphatic hydroxyl groups excluding tert-OH is 1. The van der Waals surface area contributed by atoms with E-state index in [0.717, 1.165) is 64.4 Å². The van der Waals surface area contributed by atoms with E-state index in [2.05, 4.69) is 17.2 Å². The van der Waals surface area contributed by atoms with Crippen molar-refractivity contribution in [3.63, 3.8) is 0 Å². The molecule has 210 valence electrons. The Bertz CT molecular complexity index is 1510. The zero-order valence-corrected chi connectivity index (χ0v) is 23.7. The molecule has 1 aromatic heterocycles. The number of rotatable bonds is 11. The lowest BCUT2D eigenvalue weighted by Crippen LogP contribution is -2.39. The molecular weight excluding hydrogens is 504 g/mol.